The quantitative estimate of drug-likeness (QED) is 0.736. The molecule has 1 aromatic heterocycles. The van der Waals surface area contributed by atoms with Crippen LogP contribution in [-0.4, -0.2) is 48.5 Å². The molecule has 0 unspecified atom stereocenters. The van der Waals surface area contributed by atoms with Crippen LogP contribution in [0.15, 0.2) is 36.5 Å². The Balaban J connectivity index is 1.53. The Labute approximate surface area is 178 Å². The molecular formula is C21H24ClF3N4O. The molecule has 1 aliphatic heterocycles. The molecule has 0 atom stereocenters. The van der Waals surface area contributed by atoms with Crippen LogP contribution in [0.1, 0.15) is 30.9 Å². The largest absolute Gasteiger partial charge is 0.417 e. The molecule has 0 bridgehead atoms. The fraction of sp³-hybridized carbons (Fsp3) is 0.429. The molecule has 1 aliphatic rings. The van der Waals surface area contributed by atoms with Crippen molar-refractivity contribution in [3.05, 3.63) is 52.7 Å². The van der Waals surface area contributed by atoms with E-state index in [9.17, 15) is 18.0 Å². The number of hydrogen-bond acceptors (Lipinski definition) is 4. The second kappa shape index (κ2) is 9.22. The minimum absolute atomic E-state index is 0.0268. The molecule has 0 saturated carbocycles. The molecule has 3 rings (SSSR count). The Bertz CT molecular complexity index is 896. The number of benzene rings is 1. The minimum atomic E-state index is -4.48. The maximum atomic E-state index is 12.8. The van der Waals surface area contributed by atoms with Gasteiger partial charge >= 0.3 is 6.18 Å². The minimum Gasteiger partial charge on any atom is -0.353 e. The summed E-state index contributed by atoms with van der Waals surface area (Å²) in [5, 5.41) is 2.90. The van der Waals surface area contributed by atoms with Crippen LogP contribution in [0.25, 0.3) is 0 Å². The van der Waals surface area contributed by atoms with Gasteiger partial charge in [-0.1, -0.05) is 37.6 Å². The maximum absolute atomic E-state index is 12.8. The van der Waals surface area contributed by atoms with Gasteiger partial charge in [0.2, 0.25) is 5.91 Å². The predicted octanol–water partition coefficient (Wildman–Crippen LogP) is 4.64. The SMILES string of the molecule is CC(C)c1cccc(NC(=O)CN2CCN(c3ncc(C(F)(F)F)cc3Cl)CC2)c1. The molecule has 1 N–H and O–H groups in total. The predicted molar refractivity (Wildman–Crippen MR) is 112 cm³/mol. The fourth-order valence-electron chi connectivity index (χ4n) is 3.32. The van der Waals surface area contributed by atoms with Crippen LogP contribution in [0.3, 0.4) is 0 Å². The van der Waals surface area contributed by atoms with Crippen LogP contribution in [0.5, 0.6) is 0 Å². The zero-order valence-electron chi connectivity index (χ0n) is 16.8. The number of piperazine rings is 1. The van der Waals surface area contributed by atoms with Gasteiger partial charge in [0, 0.05) is 38.1 Å². The molecule has 30 heavy (non-hydrogen) atoms. The number of pyridine rings is 1. The summed E-state index contributed by atoms with van der Waals surface area (Å²) in [6.07, 6.45) is -3.68. The van der Waals surface area contributed by atoms with E-state index < -0.39 is 11.7 Å². The van der Waals surface area contributed by atoms with Crippen molar-refractivity contribution in [2.45, 2.75) is 25.9 Å². The average molecular weight is 441 g/mol. The molecule has 2 aromatic rings. The van der Waals surface area contributed by atoms with Crippen LogP contribution in [-0.2, 0) is 11.0 Å². The van der Waals surface area contributed by atoms with Crippen LogP contribution >= 0.6 is 11.6 Å². The normalized spacial score (nSPS) is 15.5. The van der Waals surface area contributed by atoms with E-state index in [0.29, 0.717) is 37.9 Å². The van der Waals surface area contributed by atoms with Gasteiger partial charge in [0.1, 0.15) is 5.82 Å². The van der Waals surface area contributed by atoms with Gasteiger partial charge in [0.05, 0.1) is 17.1 Å². The van der Waals surface area contributed by atoms with E-state index in [4.69, 9.17) is 11.6 Å². The van der Waals surface area contributed by atoms with E-state index in [1.54, 1.807) is 0 Å². The molecule has 2 heterocycles. The zero-order chi connectivity index (χ0) is 21.9. The zero-order valence-corrected chi connectivity index (χ0v) is 17.6. The second-order valence-corrected chi connectivity index (χ2v) is 8.03. The number of nitrogens with zero attached hydrogens (tertiary/aromatic N) is 3. The van der Waals surface area contributed by atoms with Gasteiger partial charge < -0.3 is 10.2 Å². The molecular weight excluding hydrogens is 417 g/mol. The number of carbonyl (C=O) groups excluding carboxylic acids is 1. The topological polar surface area (TPSA) is 48.5 Å². The van der Waals surface area contributed by atoms with Crippen molar-refractivity contribution >= 4 is 29.0 Å². The summed E-state index contributed by atoms with van der Waals surface area (Å²) < 4.78 is 38.3. The number of rotatable bonds is 5. The van der Waals surface area contributed by atoms with Crippen LogP contribution in [0.2, 0.25) is 5.02 Å². The van der Waals surface area contributed by atoms with Crippen LogP contribution < -0.4 is 10.2 Å². The summed E-state index contributed by atoms with van der Waals surface area (Å²) in [5.74, 6) is 0.606. The van der Waals surface area contributed by atoms with Gasteiger partial charge in [0.25, 0.3) is 0 Å². The van der Waals surface area contributed by atoms with Gasteiger partial charge in [0.15, 0.2) is 0 Å². The molecule has 162 valence electrons. The smallest absolute Gasteiger partial charge is 0.353 e. The van der Waals surface area contributed by atoms with Crippen molar-refractivity contribution in [2.75, 3.05) is 42.9 Å². The number of hydrogen-bond donors (Lipinski definition) is 1. The summed E-state index contributed by atoms with van der Waals surface area (Å²) in [7, 11) is 0. The number of anilines is 2. The second-order valence-electron chi connectivity index (χ2n) is 7.62. The third kappa shape index (κ3) is 5.64. The maximum Gasteiger partial charge on any atom is 0.417 e. The number of carbonyl (C=O) groups is 1. The molecule has 5 nitrogen and oxygen atoms in total. The summed E-state index contributed by atoms with van der Waals surface area (Å²) in [6, 6.07) is 8.68. The van der Waals surface area contributed by atoms with Crippen molar-refractivity contribution in [2.24, 2.45) is 0 Å². The molecule has 9 heteroatoms. The highest BCUT2D eigenvalue weighted by Gasteiger charge is 2.32. The highest BCUT2D eigenvalue weighted by molar-refractivity contribution is 6.33. The van der Waals surface area contributed by atoms with Crippen molar-refractivity contribution in [1.82, 2.24) is 9.88 Å². The first-order chi connectivity index (χ1) is 14.1. The van der Waals surface area contributed by atoms with E-state index in [0.717, 1.165) is 23.5 Å². The Kier molecular flexibility index (Phi) is 6.88. The van der Waals surface area contributed by atoms with E-state index in [-0.39, 0.29) is 17.5 Å². The van der Waals surface area contributed by atoms with Crippen LogP contribution in [0.4, 0.5) is 24.7 Å². The van der Waals surface area contributed by atoms with E-state index in [2.05, 4.69) is 24.1 Å². The monoisotopic (exact) mass is 440 g/mol. The summed E-state index contributed by atoms with van der Waals surface area (Å²) in [6.45, 7) is 6.64. The average Bonchev–Trinajstić information content (AvgIpc) is 2.68. The van der Waals surface area contributed by atoms with Gasteiger partial charge in [-0.15, -0.1) is 0 Å². The summed E-state index contributed by atoms with van der Waals surface area (Å²) in [5.41, 5.74) is 1.06. The first-order valence-corrected chi connectivity index (χ1v) is 10.1. The standard InChI is InChI=1S/C21H24ClF3N4O/c1-14(2)15-4-3-5-17(10-15)27-19(30)13-28-6-8-29(9-7-28)20-18(22)11-16(12-26-20)21(23,24)25/h3-5,10-12,14H,6-9,13H2,1-2H3,(H,27,30). The lowest BCUT2D eigenvalue weighted by Gasteiger charge is -2.35. The third-order valence-corrected chi connectivity index (χ3v) is 5.30. The van der Waals surface area contributed by atoms with Crippen molar-refractivity contribution in [3.8, 4) is 0 Å². The highest BCUT2D eigenvalue weighted by Crippen LogP contribution is 2.33. The number of nitrogens with one attached hydrogen (secondary N) is 1. The lowest BCUT2D eigenvalue weighted by atomic mass is 10.0. The Hall–Kier alpha value is -2.32. The lowest BCUT2D eigenvalue weighted by molar-refractivity contribution is -0.137. The van der Waals surface area contributed by atoms with E-state index in [1.165, 1.54) is 0 Å². The lowest BCUT2D eigenvalue weighted by Crippen LogP contribution is -2.49. The fourth-order valence-corrected chi connectivity index (χ4v) is 3.60. The summed E-state index contributed by atoms with van der Waals surface area (Å²) >= 11 is 6.03. The molecule has 1 aromatic carbocycles. The van der Waals surface area contributed by atoms with Gasteiger partial charge in [-0.3, -0.25) is 9.69 Å². The molecule has 1 fully saturated rings. The first kappa shape index (κ1) is 22.4. The van der Waals surface area contributed by atoms with Crippen molar-refractivity contribution < 1.29 is 18.0 Å². The number of halogens is 4. The summed E-state index contributed by atoms with van der Waals surface area (Å²) in [4.78, 5) is 20.1. The van der Waals surface area contributed by atoms with E-state index in [1.807, 2.05) is 34.1 Å². The first-order valence-electron chi connectivity index (χ1n) is 9.73. The van der Waals surface area contributed by atoms with Gasteiger partial charge in [-0.05, 0) is 29.7 Å². The number of aromatic nitrogens is 1. The molecule has 0 aliphatic carbocycles. The molecule has 1 saturated heterocycles. The van der Waals surface area contributed by atoms with Gasteiger partial charge in [-0.25, -0.2) is 4.98 Å². The molecule has 0 radical (unpaired) electrons. The number of alkyl halides is 3. The van der Waals surface area contributed by atoms with E-state index >= 15 is 0 Å². The Morgan fingerprint density at radius 2 is 1.90 bits per heavy atom. The third-order valence-electron chi connectivity index (χ3n) is 5.03. The van der Waals surface area contributed by atoms with Crippen molar-refractivity contribution in [1.29, 1.82) is 0 Å². The van der Waals surface area contributed by atoms with Gasteiger partial charge in [-0.2, -0.15) is 13.2 Å². The molecule has 0 spiro atoms. The van der Waals surface area contributed by atoms with Crippen molar-refractivity contribution in [3.63, 3.8) is 0 Å². The Morgan fingerprint density at radius 3 is 2.50 bits per heavy atom. The Morgan fingerprint density at radius 1 is 1.20 bits per heavy atom. The molecule has 1 amide bonds. The number of amides is 1. The highest BCUT2D eigenvalue weighted by atomic mass is 35.5. The van der Waals surface area contributed by atoms with Crippen LogP contribution in [0, 0.1) is 0 Å².